The van der Waals surface area contributed by atoms with E-state index in [-0.39, 0.29) is 10.0 Å². The molecule has 3 aromatic carbocycles. The number of anilines is 3. The molecule has 33 heavy (non-hydrogen) atoms. The maximum atomic E-state index is 12.5. The number of thiazole rings is 1. The molecule has 0 saturated heterocycles. The average molecular weight is 485 g/mol. The number of amides is 2. The second kappa shape index (κ2) is 9.35. The van der Waals surface area contributed by atoms with Gasteiger partial charge in [0.15, 0.2) is 5.13 Å². The summed E-state index contributed by atoms with van der Waals surface area (Å²) in [5, 5.41) is 5.71. The van der Waals surface area contributed by atoms with Gasteiger partial charge in [0.05, 0.1) is 29.3 Å². The summed E-state index contributed by atoms with van der Waals surface area (Å²) in [7, 11) is -0.689. The van der Waals surface area contributed by atoms with Crippen molar-refractivity contribution < 1.29 is 22.7 Å². The number of carbonyl (C=O) groups is 1. The number of hydrogen-bond acceptors (Lipinski definition) is 7. The zero-order chi connectivity index (χ0) is 23.4. The second-order valence-corrected chi connectivity index (χ2v) is 9.51. The van der Waals surface area contributed by atoms with Gasteiger partial charge in [-0.25, -0.2) is 18.2 Å². The van der Waals surface area contributed by atoms with Crippen molar-refractivity contribution in [1.29, 1.82) is 0 Å². The van der Waals surface area contributed by atoms with Crippen molar-refractivity contribution in [3.05, 3.63) is 66.7 Å². The number of nitrogens with zero attached hydrogens (tertiary/aromatic N) is 1. The molecule has 0 unspecified atom stereocenters. The lowest BCUT2D eigenvalue weighted by atomic mass is 10.2. The SMILES string of the molecule is COc1cc(NC(=O)Nc2ccc3nc(NS(=O)(=O)c4ccccc4)sc3c2)cc(OC)c1. The van der Waals surface area contributed by atoms with Gasteiger partial charge in [-0.15, -0.1) is 0 Å². The monoisotopic (exact) mass is 484 g/mol. The quantitative estimate of drug-likeness (QED) is 0.348. The highest BCUT2D eigenvalue weighted by Gasteiger charge is 2.16. The Hall–Kier alpha value is -3.83. The van der Waals surface area contributed by atoms with Crippen LogP contribution < -0.4 is 24.8 Å². The fourth-order valence-corrected chi connectivity index (χ4v) is 5.15. The molecular weight excluding hydrogens is 464 g/mol. The van der Waals surface area contributed by atoms with Crippen LogP contribution in [0, 0.1) is 0 Å². The van der Waals surface area contributed by atoms with Crippen LogP contribution in [0.4, 0.5) is 21.3 Å². The van der Waals surface area contributed by atoms with Crippen molar-refractivity contribution in [1.82, 2.24) is 4.98 Å². The Bertz CT molecular complexity index is 1380. The van der Waals surface area contributed by atoms with Crippen molar-refractivity contribution >= 4 is 54.1 Å². The number of methoxy groups -OCH3 is 2. The highest BCUT2D eigenvalue weighted by molar-refractivity contribution is 7.93. The molecule has 0 aliphatic rings. The molecule has 1 heterocycles. The van der Waals surface area contributed by atoms with Gasteiger partial charge in [0.1, 0.15) is 11.5 Å². The Morgan fingerprint density at radius 2 is 1.55 bits per heavy atom. The van der Waals surface area contributed by atoms with Gasteiger partial charge in [0.25, 0.3) is 10.0 Å². The van der Waals surface area contributed by atoms with Crippen molar-refractivity contribution in [3.63, 3.8) is 0 Å². The smallest absolute Gasteiger partial charge is 0.323 e. The summed E-state index contributed by atoms with van der Waals surface area (Å²) in [6.07, 6.45) is 0. The predicted octanol–water partition coefficient (Wildman–Crippen LogP) is 4.76. The lowest BCUT2D eigenvalue weighted by Crippen LogP contribution is -2.19. The van der Waals surface area contributed by atoms with Crippen molar-refractivity contribution in [2.75, 3.05) is 29.6 Å². The first-order valence-corrected chi connectivity index (χ1v) is 12.0. The molecule has 170 valence electrons. The van der Waals surface area contributed by atoms with E-state index in [0.29, 0.717) is 33.1 Å². The Balaban J connectivity index is 1.48. The number of nitrogens with one attached hydrogen (secondary N) is 3. The molecule has 0 spiro atoms. The Morgan fingerprint density at radius 1 is 0.879 bits per heavy atom. The minimum Gasteiger partial charge on any atom is -0.497 e. The molecule has 0 aliphatic heterocycles. The third kappa shape index (κ3) is 5.33. The van der Waals surface area contributed by atoms with E-state index in [2.05, 4.69) is 20.3 Å². The topological polar surface area (TPSA) is 119 Å². The van der Waals surface area contributed by atoms with Gasteiger partial charge in [0.2, 0.25) is 0 Å². The maximum absolute atomic E-state index is 12.5. The number of urea groups is 1. The summed E-state index contributed by atoms with van der Waals surface area (Å²) in [6.45, 7) is 0. The first kappa shape index (κ1) is 22.4. The molecule has 3 N–H and O–H groups in total. The van der Waals surface area contributed by atoms with E-state index in [1.165, 1.54) is 37.7 Å². The summed E-state index contributed by atoms with van der Waals surface area (Å²) >= 11 is 1.17. The number of hydrogen-bond donors (Lipinski definition) is 3. The van der Waals surface area contributed by atoms with Crippen molar-refractivity contribution in [3.8, 4) is 11.5 Å². The molecule has 4 rings (SSSR count). The summed E-state index contributed by atoms with van der Waals surface area (Å²) < 4.78 is 38.7. The minimum atomic E-state index is -3.74. The van der Waals surface area contributed by atoms with Crippen LogP contribution >= 0.6 is 11.3 Å². The molecule has 9 nitrogen and oxygen atoms in total. The predicted molar refractivity (Wildman–Crippen MR) is 129 cm³/mol. The van der Waals surface area contributed by atoms with Crippen LogP contribution in [0.2, 0.25) is 0 Å². The van der Waals surface area contributed by atoms with Crippen molar-refractivity contribution in [2.24, 2.45) is 0 Å². The minimum absolute atomic E-state index is 0.150. The van der Waals surface area contributed by atoms with Gasteiger partial charge in [0, 0.05) is 29.6 Å². The summed E-state index contributed by atoms with van der Waals surface area (Å²) in [5.74, 6) is 1.09. The Morgan fingerprint density at radius 3 is 2.21 bits per heavy atom. The fourth-order valence-electron chi connectivity index (χ4n) is 2.99. The van der Waals surface area contributed by atoms with Crippen LogP contribution in [0.1, 0.15) is 0 Å². The van der Waals surface area contributed by atoms with Crippen LogP contribution in [-0.2, 0) is 10.0 Å². The third-order valence-corrected chi connectivity index (χ3v) is 6.95. The van der Waals surface area contributed by atoms with Crippen molar-refractivity contribution in [2.45, 2.75) is 4.90 Å². The molecule has 0 radical (unpaired) electrons. The lowest BCUT2D eigenvalue weighted by molar-refractivity contribution is 0.262. The molecule has 1 aromatic heterocycles. The molecule has 2 amide bonds. The average Bonchev–Trinajstić information content (AvgIpc) is 3.20. The standard InChI is InChI=1S/C22H20N4O5S2/c1-30-16-10-15(11-17(13-16)31-2)24-21(27)23-14-8-9-19-20(12-14)32-22(25-19)26-33(28,29)18-6-4-3-5-7-18/h3-13H,1-2H3,(H,25,26)(H2,23,24,27). The summed E-state index contributed by atoms with van der Waals surface area (Å²) in [4.78, 5) is 16.9. The van der Waals surface area contributed by atoms with Crippen LogP contribution in [-0.4, -0.2) is 33.7 Å². The lowest BCUT2D eigenvalue weighted by Gasteiger charge is -2.11. The van der Waals surface area contributed by atoms with Gasteiger partial charge in [-0.3, -0.25) is 4.72 Å². The number of sulfonamides is 1. The first-order valence-electron chi connectivity index (χ1n) is 9.66. The van der Waals surface area contributed by atoms with E-state index in [0.717, 1.165) is 0 Å². The van der Waals surface area contributed by atoms with Crippen LogP contribution in [0.15, 0.2) is 71.6 Å². The van der Waals surface area contributed by atoms with E-state index in [1.54, 1.807) is 54.6 Å². The van der Waals surface area contributed by atoms with Gasteiger partial charge < -0.3 is 20.1 Å². The largest absolute Gasteiger partial charge is 0.497 e. The first-order chi connectivity index (χ1) is 15.9. The summed E-state index contributed by atoms with van der Waals surface area (Å²) in [6, 6.07) is 17.7. The molecular formula is C22H20N4O5S2. The van der Waals surface area contributed by atoms with E-state index in [1.807, 2.05) is 0 Å². The number of fused-ring (bicyclic) bond motifs is 1. The van der Waals surface area contributed by atoms with Gasteiger partial charge in [-0.05, 0) is 30.3 Å². The van der Waals surface area contributed by atoms with E-state index >= 15 is 0 Å². The number of benzene rings is 3. The van der Waals surface area contributed by atoms with Gasteiger partial charge in [-0.1, -0.05) is 29.5 Å². The molecule has 0 fully saturated rings. The fraction of sp³-hybridized carbons (Fsp3) is 0.0909. The zero-order valence-electron chi connectivity index (χ0n) is 17.7. The molecule has 0 atom stereocenters. The molecule has 11 heteroatoms. The van der Waals surface area contributed by atoms with E-state index < -0.39 is 16.1 Å². The van der Waals surface area contributed by atoms with Gasteiger partial charge in [-0.2, -0.15) is 0 Å². The summed E-state index contributed by atoms with van der Waals surface area (Å²) in [5.41, 5.74) is 1.63. The zero-order valence-corrected chi connectivity index (χ0v) is 19.3. The van der Waals surface area contributed by atoms with E-state index in [4.69, 9.17) is 9.47 Å². The number of aromatic nitrogens is 1. The highest BCUT2D eigenvalue weighted by atomic mass is 32.2. The molecule has 0 bridgehead atoms. The van der Waals surface area contributed by atoms with Crippen LogP contribution in [0.3, 0.4) is 0 Å². The third-order valence-electron chi connectivity index (χ3n) is 4.53. The van der Waals surface area contributed by atoms with Crippen LogP contribution in [0.25, 0.3) is 10.2 Å². The molecule has 0 saturated carbocycles. The Labute approximate surface area is 194 Å². The normalized spacial score (nSPS) is 11.1. The van der Waals surface area contributed by atoms with Gasteiger partial charge >= 0.3 is 6.03 Å². The molecule has 4 aromatic rings. The van der Waals surface area contributed by atoms with E-state index in [9.17, 15) is 13.2 Å². The number of rotatable bonds is 7. The molecule has 0 aliphatic carbocycles. The maximum Gasteiger partial charge on any atom is 0.323 e. The Kier molecular flexibility index (Phi) is 6.33. The number of carbonyl (C=O) groups excluding carboxylic acids is 1. The second-order valence-electron chi connectivity index (χ2n) is 6.80. The van der Waals surface area contributed by atoms with Crippen LogP contribution in [0.5, 0.6) is 11.5 Å². The number of ether oxygens (including phenoxy) is 2. The highest BCUT2D eigenvalue weighted by Crippen LogP contribution is 2.30.